The molecule has 2 heterocycles. The van der Waals surface area contributed by atoms with E-state index in [9.17, 15) is 4.79 Å². The molecule has 28 heavy (non-hydrogen) atoms. The van der Waals surface area contributed by atoms with Crippen LogP contribution in [-0.2, 0) is 16.8 Å². The smallest absolute Gasteiger partial charge is 0.293 e. The maximum Gasteiger partial charge on any atom is 0.293 e. The van der Waals surface area contributed by atoms with Crippen LogP contribution in [-0.4, -0.2) is 28.0 Å². The van der Waals surface area contributed by atoms with Gasteiger partial charge in [-0.2, -0.15) is 0 Å². The first-order valence-corrected chi connectivity index (χ1v) is 9.44. The van der Waals surface area contributed by atoms with Gasteiger partial charge in [-0.1, -0.05) is 26.0 Å². The molecule has 3 aromatic rings. The molecule has 0 aliphatic heterocycles. The fraction of sp³-hybridized carbons (Fsp3) is 0.381. The third-order valence-corrected chi connectivity index (χ3v) is 5.58. The molecule has 1 aromatic carbocycles. The van der Waals surface area contributed by atoms with Crippen molar-refractivity contribution in [2.45, 2.75) is 38.7 Å². The van der Waals surface area contributed by atoms with Crippen LogP contribution in [0.5, 0.6) is 0 Å². The second-order valence-electron chi connectivity index (χ2n) is 7.94. The molecule has 1 aliphatic rings. The summed E-state index contributed by atoms with van der Waals surface area (Å²) in [6.07, 6.45) is 4.40. The van der Waals surface area contributed by atoms with Crippen molar-refractivity contribution in [3.63, 3.8) is 0 Å². The minimum atomic E-state index is -0.398. The van der Waals surface area contributed by atoms with E-state index in [2.05, 4.69) is 34.1 Å². The first-order valence-electron chi connectivity index (χ1n) is 9.44. The molecule has 7 nitrogen and oxygen atoms in total. The van der Waals surface area contributed by atoms with Crippen molar-refractivity contribution in [1.82, 2.24) is 15.0 Å². The molecule has 146 valence electrons. The number of nitrogens with one attached hydrogen (secondary N) is 2. The molecular weight excluding hydrogens is 354 g/mol. The Morgan fingerprint density at radius 3 is 2.64 bits per heavy atom. The number of nitrogen functional groups attached to an aromatic ring is 1. The Bertz CT molecular complexity index is 1020. The summed E-state index contributed by atoms with van der Waals surface area (Å²) in [6, 6.07) is 7.43. The Kier molecular flexibility index (Phi) is 4.55. The summed E-state index contributed by atoms with van der Waals surface area (Å²) < 4.78 is 5.09. The van der Waals surface area contributed by atoms with Gasteiger partial charge in [-0.05, 0) is 47.4 Å². The van der Waals surface area contributed by atoms with Crippen molar-refractivity contribution in [3.8, 4) is 0 Å². The third-order valence-electron chi connectivity index (χ3n) is 5.58. The van der Waals surface area contributed by atoms with E-state index < -0.39 is 5.91 Å². The maximum absolute atomic E-state index is 12.6. The Labute approximate surface area is 163 Å². The van der Waals surface area contributed by atoms with Crippen molar-refractivity contribution in [3.05, 3.63) is 47.4 Å². The molecular formula is C21H25N5O2. The molecule has 0 bridgehead atoms. The number of benzene rings is 1. The van der Waals surface area contributed by atoms with Crippen molar-refractivity contribution in [1.29, 1.82) is 0 Å². The Morgan fingerprint density at radius 2 is 2.00 bits per heavy atom. The number of H-pyrrole nitrogens is 1. The monoisotopic (exact) mass is 379 g/mol. The van der Waals surface area contributed by atoms with Crippen LogP contribution >= 0.6 is 0 Å². The zero-order valence-electron chi connectivity index (χ0n) is 16.4. The number of methoxy groups -OCH3 is 1. The van der Waals surface area contributed by atoms with Gasteiger partial charge in [-0.15, -0.1) is 0 Å². The molecule has 1 amide bonds. The number of fused-ring (bicyclic) bond motifs is 1. The number of aromatic amines is 1. The highest BCUT2D eigenvalue weighted by molar-refractivity contribution is 6.03. The summed E-state index contributed by atoms with van der Waals surface area (Å²) in [6.45, 7) is 4.97. The van der Waals surface area contributed by atoms with Crippen molar-refractivity contribution in [2.24, 2.45) is 5.92 Å². The summed E-state index contributed by atoms with van der Waals surface area (Å²) in [5.74, 6) is 0.625. The van der Waals surface area contributed by atoms with E-state index in [1.807, 2.05) is 30.5 Å². The average molecular weight is 379 g/mol. The van der Waals surface area contributed by atoms with Gasteiger partial charge in [0.15, 0.2) is 0 Å². The van der Waals surface area contributed by atoms with Gasteiger partial charge in [0.1, 0.15) is 11.5 Å². The highest BCUT2D eigenvalue weighted by atomic mass is 16.5. The fourth-order valence-electron chi connectivity index (χ4n) is 3.73. The predicted molar refractivity (Wildman–Crippen MR) is 109 cm³/mol. The lowest BCUT2D eigenvalue weighted by Crippen LogP contribution is -2.20. The van der Waals surface area contributed by atoms with E-state index in [0.29, 0.717) is 29.7 Å². The molecule has 2 aromatic heterocycles. The molecule has 1 saturated carbocycles. The lowest BCUT2D eigenvalue weighted by atomic mass is 9.80. The zero-order valence-corrected chi connectivity index (χ0v) is 16.4. The van der Waals surface area contributed by atoms with Crippen molar-refractivity contribution in [2.75, 3.05) is 18.2 Å². The quantitative estimate of drug-likeness (QED) is 0.606. The van der Waals surface area contributed by atoms with Gasteiger partial charge in [0.05, 0.1) is 12.0 Å². The molecule has 4 rings (SSSR count). The highest BCUT2D eigenvalue weighted by Crippen LogP contribution is 2.49. The van der Waals surface area contributed by atoms with E-state index >= 15 is 0 Å². The average Bonchev–Trinajstić information content (AvgIpc) is 3.43. The van der Waals surface area contributed by atoms with Gasteiger partial charge in [0, 0.05) is 19.0 Å². The first kappa shape index (κ1) is 18.4. The van der Waals surface area contributed by atoms with E-state index in [4.69, 9.17) is 10.5 Å². The van der Waals surface area contributed by atoms with E-state index in [-0.39, 0.29) is 11.2 Å². The highest BCUT2D eigenvalue weighted by Gasteiger charge is 2.40. The largest absolute Gasteiger partial charge is 0.383 e. The molecule has 0 unspecified atom stereocenters. The Hall–Kier alpha value is -2.93. The van der Waals surface area contributed by atoms with Crippen LogP contribution in [0, 0.1) is 5.92 Å². The van der Waals surface area contributed by atoms with Gasteiger partial charge in [0.2, 0.25) is 5.82 Å². The summed E-state index contributed by atoms with van der Waals surface area (Å²) in [7, 11) is 1.64. The molecule has 1 aliphatic carbocycles. The van der Waals surface area contributed by atoms with Crippen molar-refractivity contribution >= 4 is 28.4 Å². The lowest BCUT2D eigenvalue weighted by Gasteiger charge is -2.24. The number of aromatic nitrogens is 3. The number of anilines is 2. The minimum Gasteiger partial charge on any atom is -0.383 e. The molecule has 7 heteroatoms. The molecule has 1 fully saturated rings. The second-order valence-corrected chi connectivity index (χ2v) is 7.94. The van der Waals surface area contributed by atoms with Crippen LogP contribution in [0.2, 0.25) is 0 Å². The van der Waals surface area contributed by atoms with Gasteiger partial charge < -0.3 is 20.8 Å². The van der Waals surface area contributed by atoms with E-state index in [1.165, 1.54) is 12.8 Å². The minimum absolute atomic E-state index is 0.00343. The standard InChI is InChI=1S/C21H25N5O2/c1-21(2,13-6-7-13)15-10-23-18-16(15)17(22)25-19(26-18)20(27)24-14-8-4-12(5-9-14)11-28-3/h4-5,8-10,13H,6-7,11H2,1-3H3,(H,24,27)(H3,22,23,25,26). The second kappa shape index (κ2) is 6.91. The molecule has 0 spiro atoms. The fourth-order valence-corrected chi connectivity index (χ4v) is 3.73. The number of nitrogens with two attached hydrogens (primary N) is 1. The van der Waals surface area contributed by atoms with Gasteiger partial charge in [-0.25, -0.2) is 9.97 Å². The number of ether oxygens (including phenoxy) is 1. The summed E-state index contributed by atoms with van der Waals surface area (Å²) >= 11 is 0. The number of carbonyl (C=O) groups excluding carboxylic acids is 1. The van der Waals surface area contributed by atoms with Crippen LogP contribution in [0.4, 0.5) is 11.5 Å². The number of rotatable bonds is 6. The normalized spacial score (nSPS) is 14.4. The molecule has 0 radical (unpaired) electrons. The number of carbonyl (C=O) groups is 1. The molecule has 0 saturated heterocycles. The summed E-state index contributed by atoms with van der Waals surface area (Å²) in [5, 5.41) is 3.63. The van der Waals surface area contributed by atoms with E-state index in [1.54, 1.807) is 7.11 Å². The van der Waals surface area contributed by atoms with E-state index in [0.717, 1.165) is 16.5 Å². The predicted octanol–water partition coefficient (Wildman–Crippen LogP) is 3.63. The summed E-state index contributed by atoms with van der Waals surface area (Å²) in [5.41, 5.74) is 9.64. The SMILES string of the molecule is COCc1ccc(NC(=O)c2nc(N)c3c(C(C)(C)C4CC4)c[nH]c3n2)cc1. The number of amides is 1. The Balaban J connectivity index is 1.60. The van der Waals surface area contributed by atoms with Crippen molar-refractivity contribution < 1.29 is 9.53 Å². The van der Waals surface area contributed by atoms with Crippen LogP contribution in [0.3, 0.4) is 0 Å². The number of hydrogen-bond acceptors (Lipinski definition) is 5. The molecule has 0 atom stereocenters. The van der Waals surface area contributed by atoms with Crippen LogP contribution in [0.25, 0.3) is 11.0 Å². The molecule has 4 N–H and O–H groups in total. The maximum atomic E-state index is 12.6. The summed E-state index contributed by atoms with van der Waals surface area (Å²) in [4.78, 5) is 24.5. The number of nitrogens with zero attached hydrogens (tertiary/aromatic N) is 2. The Morgan fingerprint density at radius 1 is 1.29 bits per heavy atom. The van der Waals surface area contributed by atoms with Gasteiger partial charge in [-0.3, -0.25) is 4.79 Å². The van der Waals surface area contributed by atoms with Crippen LogP contribution in [0.1, 0.15) is 48.4 Å². The first-order chi connectivity index (χ1) is 13.4. The van der Waals surface area contributed by atoms with Crippen LogP contribution in [0.15, 0.2) is 30.5 Å². The zero-order chi connectivity index (χ0) is 19.9. The lowest BCUT2D eigenvalue weighted by molar-refractivity contribution is 0.101. The third kappa shape index (κ3) is 3.33. The van der Waals surface area contributed by atoms with Crippen LogP contribution < -0.4 is 11.1 Å². The van der Waals surface area contributed by atoms with Gasteiger partial charge in [0.25, 0.3) is 5.91 Å². The number of hydrogen-bond donors (Lipinski definition) is 3. The topological polar surface area (TPSA) is 106 Å². The van der Waals surface area contributed by atoms with Gasteiger partial charge >= 0.3 is 0 Å².